The summed E-state index contributed by atoms with van der Waals surface area (Å²) in [5.41, 5.74) is 3.33. The van der Waals surface area contributed by atoms with Crippen molar-refractivity contribution in [2.75, 3.05) is 0 Å². The molecule has 0 saturated heterocycles. The van der Waals surface area contributed by atoms with Crippen LogP contribution in [0.5, 0.6) is 0 Å². The molecule has 1 unspecified atom stereocenters. The third kappa shape index (κ3) is 2.30. The number of pyridine rings is 1. The molecule has 0 fully saturated rings. The Labute approximate surface area is 128 Å². The standard InChI is InChI=1S/C17H16N2O3/c1-10-14(12-6-3-4-8-18-12)16(13-7-5-9-22-13)15(17(20)21)11(2)19-10/h3-9,16,19H,1-2H3,(H,20,21). The summed E-state index contributed by atoms with van der Waals surface area (Å²) in [6.45, 7) is 3.68. The smallest absolute Gasteiger partial charge is 0.334 e. The van der Waals surface area contributed by atoms with Gasteiger partial charge in [-0.15, -0.1) is 0 Å². The zero-order valence-corrected chi connectivity index (χ0v) is 12.3. The molecule has 22 heavy (non-hydrogen) atoms. The van der Waals surface area contributed by atoms with Crippen LogP contribution in [0.15, 0.2) is 64.2 Å². The van der Waals surface area contributed by atoms with Gasteiger partial charge in [0, 0.05) is 23.2 Å². The van der Waals surface area contributed by atoms with Crippen LogP contribution in [0, 0.1) is 0 Å². The Morgan fingerprint density at radius 3 is 2.64 bits per heavy atom. The third-order valence-corrected chi connectivity index (χ3v) is 3.76. The van der Waals surface area contributed by atoms with Crippen molar-refractivity contribution in [3.05, 3.63) is 71.2 Å². The highest BCUT2D eigenvalue weighted by Gasteiger charge is 2.35. The molecule has 0 aliphatic carbocycles. The molecule has 5 heteroatoms. The van der Waals surface area contributed by atoms with Gasteiger partial charge in [0.2, 0.25) is 0 Å². The summed E-state index contributed by atoms with van der Waals surface area (Å²) in [7, 11) is 0. The summed E-state index contributed by atoms with van der Waals surface area (Å²) in [5.74, 6) is -0.853. The third-order valence-electron chi connectivity index (χ3n) is 3.76. The highest BCUT2D eigenvalue weighted by Crippen LogP contribution is 2.42. The normalized spacial score (nSPS) is 18.4. The maximum atomic E-state index is 11.8. The van der Waals surface area contributed by atoms with Gasteiger partial charge in [0.05, 0.1) is 23.4 Å². The Morgan fingerprint density at radius 1 is 1.23 bits per heavy atom. The first-order valence-electron chi connectivity index (χ1n) is 6.96. The van der Waals surface area contributed by atoms with Crippen molar-refractivity contribution < 1.29 is 14.3 Å². The number of nitrogens with zero attached hydrogens (tertiary/aromatic N) is 1. The number of carboxylic acid groups (broad SMARTS) is 1. The highest BCUT2D eigenvalue weighted by atomic mass is 16.4. The van der Waals surface area contributed by atoms with Gasteiger partial charge < -0.3 is 14.8 Å². The molecule has 5 nitrogen and oxygen atoms in total. The van der Waals surface area contributed by atoms with E-state index in [1.165, 1.54) is 0 Å². The molecule has 0 radical (unpaired) electrons. The number of hydrogen-bond acceptors (Lipinski definition) is 4. The molecule has 1 aliphatic heterocycles. The maximum absolute atomic E-state index is 11.8. The van der Waals surface area contributed by atoms with Crippen LogP contribution in [0.25, 0.3) is 5.57 Å². The van der Waals surface area contributed by atoms with Crippen LogP contribution in [-0.2, 0) is 4.79 Å². The summed E-state index contributed by atoms with van der Waals surface area (Å²) >= 11 is 0. The Morgan fingerprint density at radius 2 is 2.05 bits per heavy atom. The molecule has 2 aromatic heterocycles. The molecular formula is C17H16N2O3. The lowest BCUT2D eigenvalue weighted by Crippen LogP contribution is -2.27. The van der Waals surface area contributed by atoms with Gasteiger partial charge in [0.15, 0.2) is 0 Å². The Hall–Kier alpha value is -2.82. The largest absolute Gasteiger partial charge is 0.478 e. The van der Waals surface area contributed by atoms with Gasteiger partial charge in [0.1, 0.15) is 5.76 Å². The van der Waals surface area contributed by atoms with E-state index in [1.54, 1.807) is 31.5 Å². The van der Waals surface area contributed by atoms with Crippen LogP contribution in [-0.4, -0.2) is 16.1 Å². The number of furan rings is 1. The number of carbonyl (C=O) groups is 1. The zero-order chi connectivity index (χ0) is 15.7. The van der Waals surface area contributed by atoms with E-state index in [2.05, 4.69) is 10.3 Å². The first-order chi connectivity index (χ1) is 10.6. The Kier molecular flexibility index (Phi) is 3.55. The molecule has 0 saturated carbocycles. The molecule has 3 rings (SSSR count). The lowest BCUT2D eigenvalue weighted by atomic mass is 9.82. The topological polar surface area (TPSA) is 75.4 Å². The summed E-state index contributed by atoms with van der Waals surface area (Å²) in [6.07, 6.45) is 3.25. The molecule has 0 amide bonds. The molecule has 0 spiro atoms. The summed E-state index contributed by atoms with van der Waals surface area (Å²) in [6, 6.07) is 9.14. The van der Waals surface area contributed by atoms with E-state index >= 15 is 0 Å². The van der Waals surface area contributed by atoms with Crippen molar-refractivity contribution in [1.29, 1.82) is 0 Å². The fourth-order valence-corrected chi connectivity index (χ4v) is 2.88. The van der Waals surface area contributed by atoms with Crippen molar-refractivity contribution >= 4 is 11.5 Å². The molecule has 2 aromatic rings. The van der Waals surface area contributed by atoms with E-state index < -0.39 is 11.9 Å². The van der Waals surface area contributed by atoms with Crippen molar-refractivity contribution in [3.8, 4) is 0 Å². The lowest BCUT2D eigenvalue weighted by molar-refractivity contribution is -0.133. The molecule has 1 atom stereocenters. The van der Waals surface area contributed by atoms with Gasteiger partial charge in [-0.1, -0.05) is 6.07 Å². The monoisotopic (exact) mass is 296 g/mol. The summed E-state index contributed by atoms with van der Waals surface area (Å²) < 4.78 is 5.51. The van der Waals surface area contributed by atoms with Gasteiger partial charge in [-0.2, -0.15) is 0 Å². The molecule has 112 valence electrons. The second kappa shape index (κ2) is 5.52. The molecule has 1 aliphatic rings. The minimum Gasteiger partial charge on any atom is -0.478 e. The number of dihydropyridines is 1. The van der Waals surface area contributed by atoms with Crippen molar-refractivity contribution in [2.45, 2.75) is 19.8 Å². The van der Waals surface area contributed by atoms with E-state index in [9.17, 15) is 9.90 Å². The van der Waals surface area contributed by atoms with Crippen molar-refractivity contribution in [1.82, 2.24) is 10.3 Å². The number of allylic oxidation sites excluding steroid dienone is 3. The Balaban J connectivity index is 2.22. The number of rotatable bonds is 3. The minimum atomic E-state index is -0.965. The second-order valence-electron chi connectivity index (χ2n) is 5.17. The van der Waals surface area contributed by atoms with Gasteiger partial charge in [-0.25, -0.2) is 4.79 Å². The van der Waals surface area contributed by atoms with Crippen LogP contribution >= 0.6 is 0 Å². The quantitative estimate of drug-likeness (QED) is 0.910. The van der Waals surface area contributed by atoms with E-state index in [1.807, 2.05) is 25.1 Å². The zero-order valence-electron chi connectivity index (χ0n) is 12.3. The summed E-state index contributed by atoms with van der Waals surface area (Å²) in [4.78, 5) is 16.1. The summed E-state index contributed by atoms with van der Waals surface area (Å²) in [5, 5.41) is 12.8. The van der Waals surface area contributed by atoms with Crippen molar-refractivity contribution in [2.24, 2.45) is 0 Å². The van der Waals surface area contributed by atoms with Gasteiger partial charge in [-0.3, -0.25) is 4.98 Å². The minimum absolute atomic E-state index is 0.279. The van der Waals surface area contributed by atoms with Gasteiger partial charge >= 0.3 is 5.97 Å². The van der Waals surface area contributed by atoms with Crippen LogP contribution in [0.1, 0.15) is 31.2 Å². The van der Waals surface area contributed by atoms with Crippen LogP contribution in [0.4, 0.5) is 0 Å². The average Bonchev–Trinajstić information content (AvgIpc) is 3.00. The first kappa shape index (κ1) is 14.1. The van der Waals surface area contributed by atoms with E-state index in [0.717, 1.165) is 17.0 Å². The lowest BCUT2D eigenvalue weighted by Gasteiger charge is -2.29. The number of nitrogens with one attached hydrogen (secondary N) is 1. The van der Waals surface area contributed by atoms with Gasteiger partial charge in [0.25, 0.3) is 0 Å². The van der Waals surface area contributed by atoms with E-state index in [-0.39, 0.29) is 5.57 Å². The van der Waals surface area contributed by atoms with Crippen LogP contribution in [0.2, 0.25) is 0 Å². The molecule has 3 heterocycles. The predicted molar refractivity (Wildman–Crippen MR) is 81.8 cm³/mol. The number of hydrogen-bond donors (Lipinski definition) is 2. The number of carboxylic acids is 1. The van der Waals surface area contributed by atoms with Crippen LogP contribution in [0.3, 0.4) is 0 Å². The predicted octanol–water partition coefficient (Wildman–Crippen LogP) is 3.15. The Bertz CT molecular complexity index is 758. The average molecular weight is 296 g/mol. The highest BCUT2D eigenvalue weighted by molar-refractivity contribution is 5.95. The molecule has 2 N–H and O–H groups in total. The fourth-order valence-electron chi connectivity index (χ4n) is 2.88. The van der Waals surface area contributed by atoms with Crippen LogP contribution < -0.4 is 5.32 Å². The van der Waals surface area contributed by atoms with E-state index in [4.69, 9.17) is 4.42 Å². The van der Waals surface area contributed by atoms with E-state index in [0.29, 0.717) is 11.5 Å². The second-order valence-corrected chi connectivity index (χ2v) is 5.17. The molecular weight excluding hydrogens is 280 g/mol. The molecule has 0 bridgehead atoms. The molecule has 0 aromatic carbocycles. The SMILES string of the molecule is CC1=C(C(=O)O)C(c2ccco2)C(c2ccccn2)=C(C)N1. The maximum Gasteiger partial charge on any atom is 0.334 e. The number of aromatic nitrogens is 1. The van der Waals surface area contributed by atoms with Crippen molar-refractivity contribution in [3.63, 3.8) is 0 Å². The van der Waals surface area contributed by atoms with Gasteiger partial charge in [-0.05, 0) is 38.1 Å². The fraction of sp³-hybridized carbons (Fsp3) is 0.176. The first-order valence-corrected chi connectivity index (χ1v) is 6.96. The number of aliphatic carboxylic acids is 1.